The molecule has 3 rings (SSSR count). The van der Waals surface area contributed by atoms with Crippen LogP contribution in [0.25, 0.3) is 0 Å². The van der Waals surface area contributed by atoms with Crippen molar-refractivity contribution in [1.29, 1.82) is 0 Å². The van der Waals surface area contributed by atoms with Crippen molar-refractivity contribution in [2.75, 3.05) is 13.2 Å². The zero-order chi connectivity index (χ0) is 17.0. The van der Waals surface area contributed by atoms with Crippen LogP contribution in [-0.4, -0.2) is 24.8 Å². The third-order valence-electron chi connectivity index (χ3n) is 3.92. The fourth-order valence-corrected chi connectivity index (χ4v) is 2.73. The highest BCUT2D eigenvalue weighted by Crippen LogP contribution is 2.36. The number of carbonyl (C=O) groups is 1. The van der Waals surface area contributed by atoms with Gasteiger partial charge in [-0.25, -0.2) is 9.18 Å². The van der Waals surface area contributed by atoms with Crippen molar-refractivity contribution in [1.82, 2.24) is 0 Å². The molecular formula is C19H19FO4. The Balaban J connectivity index is 1.70. The van der Waals surface area contributed by atoms with Gasteiger partial charge in [-0.3, -0.25) is 0 Å². The van der Waals surface area contributed by atoms with Crippen LogP contribution in [0.2, 0.25) is 0 Å². The molecular weight excluding hydrogens is 311 g/mol. The normalized spacial score (nSPS) is 18.8. The van der Waals surface area contributed by atoms with Crippen LogP contribution in [0, 0.1) is 5.82 Å². The van der Waals surface area contributed by atoms with Crippen molar-refractivity contribution < 1.29 is 23.4 Å². The van der Waals surface area contributed by atoms with Crippen LogP contribution >= 0.6 is 0 Å². The van der Waals surface area contributed by atoms with Crippen LogP contribution in [-0.2, 0) is 27.3 Å². The first-order valence-electron chi connectivity index (χ1n) is 7.89. The molecule has 5 heteroatoms. The number of para-hydroxylation sites is 1. The molecule has 4 nitrogen and oxygen atoms in total. The summed E-state index contributed by atoms with van der Waals surface area (Å²) in [5, 5.41) is 0. The summed E-state index contributed by atoms with van der Waals surface area (Å²) in [7, 11) is 0. The van der Waals surface area contributed by atoms with E-state index < -0.39 is 11.6 Å². The summed E-state index contributed by atoms with van der Waals surface area (Å²) >= 11 is 0. The highest BCUT2D eigenvalue weighted by molar-refractivity contribution is 5.82. The lowest BCUT2D eigenvalue weighted by Gasteiger charge is -2.26. The first kappa shape index (κ1) is 16.5. The molecule has 1 aliphatic heterocycles. The minimum atomic E-state index is -1.17. The van der Waals surface area contributed by atoms with E-state index >= 15 is 0 Å². The Hall–Kier alpha value is -2.40. The number of carbonyl (C=O) groups excluding carboxylic acids is 1. The van der Waals surface area contributed by atoms with Crippen LogP contribution in [0.4, 0.5) is 4.39 Å². The van der Waals surface area contributed by atoms with E-state index in [2.05, 4.69) is 0 Å². The maximum Gasteiger partial charge on any atom is 0.353 e. The Labute approximate surface area is 140 Å². The van der Waals surface area contributed by atoms with Crippen molar-refractivity contribution in [3.05, 3.63) is 65.5 Å². The molecule has 2 aromatic carbocycles. The lowest BCUT2D eigenvalue weighted by molar-refractivity contribution is -0.166. The number of hydrogen-bond acceptors (Lipinski definition) is 4. The zero-order valence-corrected chi connectivity index (χ0v) is 13.5. The molecule has 0 bridgehead atoms. The second-order valence-electron chi connectivity index (χ2n) is 5.72. The number of benzene rings is 2. The number of halogens is 1. The van der Waals surface area contributed by atoms with Crippen LogP contribution in [0.1, 0.15) is 18.1 Å². The predicted octanol–water partition coefficient (Wildman–Crippen LogP) is 3.28. The lowest BCUT2D eigenvalue weighted by Crippen LogP contribution is -2.49. The molecule has 24 heavy (non-hydrogen) atoms. The summed E-state index contributed by atoms with van der Waals surface area (Å²) < 4.78 is 29.7. The summed E-state index contributed by atoms with van der Waals surface area (Å²) in [6, 6.07) is 13.6. The third-order valence-corrected chi connectivity index (χ3v) is 3.92. The van der Waals surface area contributed by atoms with Gasteiger partial charge in [0.25, 0.3) is 0 Å². The minimum absolute atomic E-state index is 0.0674. The average molecular weight is 330 g/mol. The Morgan fingerprint density at radius 1 is 1.21 bits per heavy atom. The zero-order valence-electron chi connectivity index (χ0n) is 13.5. The second-order valence-corrected chi connectivity index (χ2v) is 5.72. The molecule has 0 saturated heterocycles. The van der Waals surface area contributed by atoms with Crippen LogP contribution in [0.5, 0.6) is 5.75 Å². The van der Waals surface area contributed by atoms with E-state index in [1.807, 2.05) is 24.3 Å². The largest absolute Gasteiger partial charge is 0.472 e. The number of esters is 1. The van der Waals surface area contributed by atoms with Gasteiger partial charge in [0.1, 0.15) is 11.6 Å². The van der Waals surface area contributed by atoms with Crippen molar-refractivity contribution in [2.45, 2.75) is 25.6 Å². The van der Waals surface area contributed by atoms with Gasteiger partial charge < -0.3 is 14.2 Å². The van der Waals surface area contributed by atoms with Crippen LogP contribution < -0.4 is 4.74 Å². The summed E-state index contributed by atoms with van der Waals surface area (Å²) in [6.45, 7) is 2.37. The monoisotopic (exact) mass is 330 g/mol. The molecule has 0 N–H and O–H groups in total. The first-order chi connectivity index (χ1) is 11.6. The Morgan fingerprint density at radius 3 is 2.67 bits per heavy atom. The highest BCUT2D eigenvalue weighted by Gasteiger charge is 2.48. The smallest absolute Gasteiger partial charge is 0.353 e. The fraction of sp³-hybridized carbons (Fsp3) is 0.316. The molecule has 0 spiro atoms. The van der Waals surface area contributed by atoms with E-state index in [-0.39, 0.29) is 25.6 Å². The summed E-state index contributed by atoms with van der Waals surface area (Å²) in [6.07, 6.45) is 0.408. The molecule has 1 atom stereocenters. The SMILES string of the molecule is CCOC(=O)C1(COCc2ccc(F)cc2)Cc2ccccc2O1. The van der Waals surface area contributed by atoms with Gasteiger partial charge in [0.05, 0.1) is 19.8 Å². The molecule has 0 fully saturated rings. The van der Waals surface area contributed by atoms with E-state index in [1.54, 1.807) is 19.1 Å². The van der Waals surface area contributed by atoms with E-state index in [0.29, 0.717) is 12.2 Å². The molecule has 0 radical (unpaired) electrons. The van der Waals surface area contributed by atoms with Crippen LogP contribution in [0.3, 0.4) is 0 Å². The molecule has 1 heterocycles. The Morgan fingerprint density at radius 2 is 1.96 bits per heavy atom. The van der Waals surface area contributed by atoms with Crippen molar-refractivity contribution in [3.63, 3.8) is 0 Å². The minimum Gasteiger partial charge on any atom is -0.472 e. The number of fused-ring (bicyclic) bond motifs is 1. The van der Waals surface area contributed by atoms with Crippen molar-refractivity contribution in [3.8, 4) is 5.75 Å². The number of ether oxygens (including phenoxy) is 3. The highest BCUT2D eigenvalue weighted by atomic mass is 19.1. The van der Waals surface area contributed by atoms with Crippen molar-refractivity contribution >= 4 is 5.97 Å². The van der Waals surface area contributed by atoms with Crippen molar-refractivity contribution in [2.24, 2.45) is 0 Å². The van der Waals surface area contributed by atoms with E-state index in [1.165, 1.54) is 12.1 Å². The first-order valence-corrected chi connectivity index (χ1v) is 7.89. The van der Waals surface area contributed by atoms with E-state index in [0.717, 1.165) is 11.1 Å². The Bertz CT molecular complexity index is 687. The van der Waals surface area contributed by atoms with E-state index in [9.17, 15) is 9.18 Å². The summed E-state index contributed by atoms with van der Waals surface area (Å²) in [4.78, 5) is 12.4. The third kappa shape index (κ3) is 3.41. The molecule has 0 saturated carbocycles. The van der Waals surface area contributed by atoms with Gasteiger partial charge in [0, 0.05) is 6.42 Å². The summed E-state index contributed by atoms with van der Waals surface area (Å²) in [5.74, 6) is -0.0486. The standard InChI is InChI=1S/C19H19FO4/c1-2-23-18(21)19(11-15-5-3-4-6-17(15)24-19)13-22-12-14-7-9-16(20)10-8-14/h3-10H,2,11-13H2,1H3. The van der Waals surface area contributed by atoms with Gasteiger partial charge in [-0.15, -0.1) is 0 Å². The maximum absolute atomic E-state index is 12.9. The van der Waals surface area contributed by atoms with Gasteiger partial charge in [0.15, 0.2) is 0 Å². The fourth-order valence-electron chi connectivity index (χ4n) is 2.73. The van der Waals surface area contributed by atoms with Gasteiger partial charge in [-0.05, 0) is 36.2 Å². The lowest BCUT2D eigenvalue weighted by atomic mass is 9.98. The van der Waals surface area contributed by atoms with Crippen LogP contribution in [0.15, 0.2) is 48.5 Å². The average Bonchev–Trinajstić information content (AvgIpc) is 2.97. The van der Waals surface area contributed by atoms with Gasteiger partial charge in [-0.2, -0.15) is 0 Å². The molecule has 126 valence electrons. The molecule has 0 aliphatic carbocycles. The number of hydrogen-bond donors (Lipinski definition) is 0. The molecule has 0 amide bonds. The molecule has 2 aromatic rings. The molecule has 1 aliphatic rings. The van der Waals surface area contributed by atoms with E-state index in [4.69, 9.17) is 14.2 Å². The molecule has 0 aromatic heterocycles. The maximum atomic E-state index is 12.9. The number of rotatable bonds is 6. The predicted molar refractivity (Wildman–Crippen MR) is 86.2 cm³/mol. The second kappa shape index (κ2) is 7.01. The molecule has 1 unspecified atom stereocenters. The van der Waals surface area contributed by atoms with Gasteiger partial charge in [-0.1, -0.05) is 30.3 Å². The quantitative estimate of drug-likeness (QED) is 0.763. The topological polar surface area (TPSA) is 44.8 Å². The van der Waals surface area contributed by atoms with Gasteiger partial charge >= 0.3 is 5.97 Å². The van der Waals surface area contributed by atoms with Gasteiger partial charge in [0.2, 0.25) is 5.60 Å². The summed E-state index contributed by atoms with van der Waals surface area (Å²) in [5.41, 5.74) is 0.613. The Kier molecular flexibility index (Phi) is 4.81.